The molecular weight excluding hydrogens is 324 g/mol. The highest BCUT2D eigenvalue weighted by Crippen LogP contribution is 2.28. The van der Waals surface area contributed by atoms with Crippen LogP contribution in [0.25, 0.3) is 46.2 Å². The van der Waals surface area contributed by atoms with Crippen molar-refractivity contribution in [2.75, 3.05) is 0 Å². The standard InChI is InChI=1S/C22H18N2O2/c1-4-17-20(13-14(2)3)26-21(23-17)15-9-11-16(12-10-15)22-24-18-7-5-6-8-19(18)25-22/h4-13H,1H2,2-3H3. The molecule has 4 aromatic rings. The van der Waals surface area contributed by atoms with E-state index >= 15 is 0 Å². The second kappa shape index (κ2) is 6.48. The molecule has 0 aliphatic carbocycles. The fourth-order valence-corrected chi connectivity index (χ4v) is 2.73. The molecule has 0 radical (unpaired) electrons. The molecule has 0 aliphatic rings. The van der Waals surface area contributed by atoms with E-state index in [0.29, 0.717) is 11.8 Å². The van der Waals surface area contributed by atoms with E-state index in [4.69, 9.17) is 8.83 Å². The van der Waals surface area contributed by atoms with Crippen molar-refractivity contribution < 1.29 is 8.83 Å². The van der Waals surface area contributed by atoms with Crippen molar-refractivity contribution in [1.82, 2.24) is 9.97 Å². The Kier molecular flexibility index (Phi) is 4.01. The lowest BCUT2D eigenvalue weighted by atomic mass is 10.1. The van der Waals surface area contributed by atoms with Gasteiger partial charge in [0.1, 0.15) is 11.2 Å². The highest BCUT2D eigenvalue weighted by molar-refractivity contribution is 5.76. The van der Waals surface area contributed by atoms with E-state index in [1.54, 1.807) is 6.08 Å². The molecule has 0 atom stereocenters. The van der Waals surface area contributed by atoms with E-state index in [0.717, 1.165) is 39.3 Å². The topological polar surface area (TPSA) is 52.1 Å². The minimum atomic E-state index is 0.566. The van der Waals surface area contributed by atoms with Gasteiger partial charge in [0.05, 0.1) is 0 Å². The average molecular weight is 342 g/mol. The van der Waals surface area contributed by atoms with Gasteiger partial charge in [-0.3, -0.25) is 0 Å². The summed E-state index contributed by atoms with van der Waals surface area (Å²) >= 11 is 0. The first kappa shape index (κ1) is 16.1. The van der Waals surface area contributed by atoms with Crippen LogP contribution in [0, 0.1) is 0 Å². The first-order valence-corrected chi connectivity index (χ1v) is 8.38. The number of nitrogens with zero attached hydrogens (tertiary/aromatic N) is 2. The smallest absolute Gasteiger partial charge is 0.227 e. The van der Waals surface area contributed by atoms with Gasteiger partial charge in [-0.1, -0.05) is 24.3 Å². The van der Waals surface area contributed by atoms with Crippen LogP contribution in [0.2, 0.25) is 0 Å². The van der Waals surface area contributed by atoms with Gasteiger partial charge in [0.25, 0.3) is 0 Å². The summed E-state index contributed by atoms with van der Waals surface area (Å²) < 4.78 is 11.7. The molecule has 0 bridgehead atoms. The number of para-hydroxylation sites is 2. The summed E-state index contributed by atoms with van der Waals surface area (Å²) in [5, 5.41) is 0. The van der Waals surface area contributed by atoms with Crippen LogP contribution in [0.15, 0.2) is 69.5 Å². The van der Waals surface area contributed by atoms with Gasteiger partial charge in [0.15, 0.2) is 11.3 Å². The molecule has 0 amide bonds. The van der Waals surface area contributed by atoms with Crippen molar-refractivity contribution in [2.45, 2.75) is 13.8 Å². The van der Waals surface area contributed by atoms with E-state index < -0.39 is 0 Å². The van der Waals surface area contributed by atoms with Gasteiger partial charge in [-0.25, -0.2) is 9.97 Å². The SMILES string of the molecule is C=Cc1nc(-c2ccc(-c3nc4ccccc4o3)cc2)oc1C=C(C)C. The second-order valence-electron chi connectivity index (χ2n) is 6.26. The quantitative estimate of drug-likeness (QED) is 0.442. The lowest BCUT2D eigenvalue weighted by Gasteiger charge is -1.98. The largest absolute Gasteiger partial charge is 0.436 e. The number of hydrogen-bond donors (Lipinski definition) is 0. The number of rotatable bonds is 4. The molecule has 0 unspecified atom stereocenters. The summed E-state index contributed by atoms with van der Waals surface area (Å²) in [5.74, 6) is 1.89. The number of benzene rings is 2. The van der Waals surface area contributed by atoms with Gasteiger partial charge in [-0.2, -0.15) is 0 Å². The van der Waals surface area contributed by atoms with Crippen molar-refractivity contribution in [2.24, 2.45) is 0 Å². The molecule has 0 saturated heterocycles. The van der Waals surface area contributed by atoms with Crippen LogP contribution in [0.1, 0.15) is 25.3 Å². The van der Waals surface area contributed by atoms with E-state index in [2.05, 4.69) is 16.5 Å². The fourth-order valence-electron chi connectivity index (χ4n) is 2.73. The van der Waals surface area contributed by atoms with Crippen LogP contribution < -0.4 is 0 Å². The molecule has 0 spiro atoms. The van der Waals surface area contributed by atoms with Gasteiger partial charge < -0.3 is 8.83 Å². The van der Waals surface area contributed by atoms with Gasteiger partial charge >= 0.3 is 0 Å². The Labute approximate surface area is 151 Å². The summed E-state index contributed by atoms with van der Waals surface area (Å²) in [4.78, 5) is 9.04. The van der Waals surface area contributed by atoms with E-state index in [1.807, 2.05) is 68.5 Å². The van der Waals surface area contributed by atoms with Gasteiger partial charge in [-0.15, -0.1) is 0 Å². The molecule has 2 heterocycles. The van der Waals surface area contributed by atoms with Crippen molar-refractivity contribution >= 4 is 23.3 Å². The van der Waals surface area contributed by atoms with Crippen LogP contribution >= 0.6 is 0 Å². The molecular formula is C22H18N2O2. The monoisotopic (exact) mass is 342 g/mol. The summed E-state index contributed by atoms with van der Waals surface area (Å²) in [7, 11) is 0. The first-order valence-electron chi connectivity index (χ1n) is 8.38. The highest BCUT2D eigenvalue weighted by Gasteiger charge is 2.12. The molecule has 2 aromatic heterocycles. The van der Waals surface area contributed by atoms with Crippen molar-refractivity contribution in [3.63, 3.8) is 0 Å². The molecule has 128 valence electrons. The zero-order chi connectivity index (χ0) is 18.1. The van der Waals surface area contributed by atoms with Crippen LogP contribution in [0.5, 0.6) is 0 Å². The van der Waals surface area contributed by atoms with Gasteiger partial charge in [-0.05, 0) is 62.4 Å². The minimum Gasteiger partial charge on any atom is -0.436 e. The Balaban J connectivity index is 1.68. The Hall–Kier alpha value is -3.40. The lowest BCUT2D eigenvalue weighted by molar-refractivity contribution is 0.564. The normalized spacial score (nSPS) is 10.8. The average Bonchev–Trinajstić information content (AvgIpc) is 3.25. The third kappa shape index (κ3) is 2.97. The Morgan fingerprint density at radius 1 is 0.885 bits per heavy atom. The maximum Gasteiger partial charge on any atom is 0.227 e. The second-order valence-corrected chi connectivity index (χ2v) is 6.26. The molecule has 4 rings (SSSR count). The molecule has 0 N–H and O–H groups in total. The fraction of sp³-hybridized carbons (Fsp3) is 0.0909. The highest BCUT2D eigenvalue weighted by atomic mass is 16.4. The number of allylic oxidation sites excluding steroid dienone is 1. The zero-order valence-electron chi connectivity index (χ0n) is 14.7. The summed E-state index contributed by atoms with van der Waals surface area (Å²) in [6, 6.07) is 15.5. The maximum absolute atomic E-state index is 5.90. The van der Waals surface area contributed by atoms with E-state index in [1.165, 1.54) is 0 Å². The molecule has 0 fully saturated rings. The van der Waals surface area contributed by atoms with Gasteiger partial charge in [0, 0.05) is 11.1 Å². The van der Waals surface area contributed by atoms with Gasteiger partial charge in [0.2, 0.25) is 11.8 Å². The Morgan fingerprint density at radius 3 is 2.15 bits per heavy atom. The number of hydrogen-bond acceptors (Lipinski definition) is 4. The lowest BCUT2D eigenvalue weighted by Crippen LogP contribution is -1.81. The summed E-state index contributed by atoms with van der Waals surface area (Å²) in [6.45, 7) is 7.84. The molecule has 26 heavy (non-hydrogen) atoms. The van der Waals surface area contributed by atoms with Crippen LogP contribution in [0.3, 0.4) is 0 Å². The van der Waals surface area contributed by atoms with Crippen molar-refractivity contribution in [1.29, 1.82) is 0 Å². The number of aromatic nitrogens is 2. The molecule has 0 aliphatic heterocycles. The predicted molar refractivity (Wildman–Crippen MR) is 104 cm³/mol. The molecule has 4 nitrogen and oxygen atoms in total. The Bertz CT molecular complexity index is 1080. The van der Waals surface area contributed by atoms with Crippen LogP contribution in [-0.4, -0.2) is 9.97 Å². The first-order chi connectivity index (χ1) is 12.6. The minimum absolute atomic E-state index is 0.566. The maximum atomic E-state index is 5.90. The third-order valence-electron chi connectivity index (χ3n) is 3.97. The number of fused-ring (bicyclic) bond motifs is 1. The Morgan fingerprint density at radius 2 is 1.54 bits per heavy atom. The molecule has 0 saturated carbocycles. The number of oxazole rings is 2. The predicted octanol–water partition coefficient (Wildman–Crippen LogP) is 6.22. The molecule has 4 heteroatoms. The third-order valence-corrected chi connectivity index (χ3v) is 3.97. The summed E-state index contributed by atoms with van der Waals surface area (Å²) in [5.41, 5.74) is 5.31. The van der Waals surface area contributed by atoms with Crippen molar-refractivity contribution in [3.8, 4) is 22.9 Å². The van der Waals surface area contributed by atoms with E-state index in [9.17, 15) is 0 Å². The van der Waals surface area contributed by atoms with Crippen molar-refractivity contribution in [3.05, 3.63) is 72.1 Å². The van der Waals surface area contributed by atoms with E-state index in [-0.39, 0.29) is 0 Å². The summed E-state index contributed by atoms with van der Waals surface area (Å²) in [6.07, 6.45) is 3.66. The zero-order valence-corrected chi connectivity index (χ0v) is 14.7. The van der Waals surface area contributed by atoms with Crippen LogP contribution in [-0.2, 0) is 0 Å². The molecule has 2 aromatic carbocycles. The van der Waals surface area contributed by atoms with Crippen LogP contribution in [0.4, 0.5) is 0 Å².